The van der Waals surface area contributed by atoms with Crippen molar-refractivity contribution in [2.75, 3.05) is 13.7 Å². The van der Waals surface area contributed by atoms with Gasteiger partial charge in [-0.3, -0.25) is 0 Å². The molecule has 1 N–H and O–H groups in total. The van der Waals surface area contributed by atoms with Gasteiger partial charge < -0.3 is 10.1 Å². The summed E-state index contributed by atoms with van der Waals surface area (Å²) in [7, 11) is 1.71. The Hall–Kier alpha value is -0.520. The van der Waals surface area contributed by atoms with Gasteiger partial charge in [0.15, 0.2) is 0 Å². The lowest BCUT2D eigenvalue weighted by Crippen LogP contribution is -2.24. The molecular weight excluding hydrogens is 304 g/mol. The van der Waals surface area contributed by atoms with Gasteiger partial charge in [-0.25, -0.2) is 8.78 Å². The zero-order valence-corrected chi connectivity index (χ0v) is 11.8. The summed E-state index contributed by atoms with van der Waals surface area (Å²) in [5.41, 5.74) is 0.0855. The third kappa shape index (κ3) is 2.90. The SMILES string of the molecule is CNC(CC1CCCO1)c1c(F)ccc(Br)c1F. The zero-order valence-electron chi connectivity index (χ0n) is 10.2. The molecule has 1 aromatic carbocycles. The van der Waals surface area contributed by atoms with E-state index < -0.39 is 11.6 Å². The van der Waals surface area contributed by atoms with E-state index in [1.54, 1.807) is 7.05 Å². The van der Waals surface area contributed by atoms with Crippen LogP contribution >= 0.6 is 15.9 Å². The van der Waals surface area contributed by atoms with Gasteiger partial charge in [0, 0.05) is 18.2 Å². The van der Waals surface area contributed by atoms with Crippen molar-refractivity contribution in [1.29, 1.82) is 0 Å². The fourth-order valence-corrected chi connectivity index (χ4v) is 2.68. The van der Waals surface area contributed by atoms with Gasteiger partial charge in [0.1, 0.15) is 11.6 Å². The second-order valence-corrected chi connectivity index (χ2v) is 5.32. The highest BCUT2D eigenvalue weighted by Crippen LogP contribution is 2.31. The maximum atomic E-state index is 14.0. The second kappa shape index (κ2) is 6.08. The van der Waals surface area contributed by atoms with Crippen LogP contribution in [0, 0.1) is 11.6 Å². The van der Waals surface area contributed by atoms with Crippen molar-refractivity contribution in [3.63, 3.8) is 0 Å². The molecule has 2 nitrogen and oxygen atoms in total. The topological polar surface area (TPSA) is 21.3 Å². The fourth-order valence-electron chi connectivity index (χ4n) is 2.34. The van der Waals surface area contributed by atoms with E-state index in [0.29, 0.717) is 6.42 Å². The average Bonchev–Trinajstić information content (AvgIpc) is 2.86. The van der Waals surface area contributed by atoms with E-state index in [1.807, 2.05) is 0 Å². The minimum absolute atomic E-state index is 0.0835. The number of benzene rings is 1. The maximum Gasteiger partial charge on any atom is 0.145 e. The molecule has 1 fully saturated rings. The van der Waals surface area contributed by atoms with Crippen LogP contribution in [0.4, 0.5) is 8.78 Å². The van der Waals surface area contributed by atoms with Gasteiger partial charge in [0.05, 0.1) is 10.6 Å². The molecule has 0 amide bonds. The van der Waals surface area contributed by atoms with Gasteiger partial charge in [0.2, 0.25) is 0 Å². The maximum absolute atomic E-state index is 14.0. The van der Waals surface area contributed by atoms with Crippen LogP contribution in [0.5, 0.6) is 0 Å². The third-order valence-corrected chi connectivity index (χ3v) is 3.91. The third-order valence-electron chi connectivity index (χ3n) is 3.30. The minimum Gasteiger partial charge on any atom is -0.378 e. The van der Waals surface area contributed by atoms with Crippen molar-refractivity contribution in [2.24, 2.45) is 0 Å². The molecular formula is C13H16BrF2NO. The highest BCUT2D eigenvalue weighted by Gasteiger charge is 2.26. The van der Waals surface area contributed by atoms with Gasteiger partial charge in [-0.05, 0) is 54.4 Å². The van der Waals surface area contributed by atoms with Crippen molar-refractivity contribution in [3.8, 4) is 0 Å². The molecule has 0 spiro atoms. The molecule has 1 saturated heterocycles. The summed E-state index contributed by atoms with van der Waals surface area (Å²) in [6.07, 6.45) is 2.64. The first-order chi connectivity index (χ1) is 8.63. The molecule has 0 bridgehead atoms. The molecule has 0 radical (unpaired) electrons. The van der Waals surface area contributed by atoms with Crippen LogP contribution < -0.4 is 5.32 Å². The molecule has 1 aromatic rings. The Balaban J connectivity index is 2.23. The standard InChI is InChI=1S/C13H16BrF2NO/c1-17-11(7-8-3-2-6-18-8)12-10(15)5-4-9(14)13(12)16/h4-5,8,11,17H,2-3,6-7H2,1H3. The highest BCUT2D eigenvalue weighted by molar-refractivity contribution is 9.10. The predicted molar refractivity (Wildman–Crippen MR) is 69.4 cm³/mol. The van der Waals surface area contributed by atoms with Gasteiger partial charge in [0.25, 0.3) is 0 Å². The van der Waals surface area contributed by atoms with E-state index in [1.165, 1.54) is 12.1 Å². The van der Waals surface area contributed by atoms with Crippen LogP contribution in [-0.4, -0.2) is 19.8 Å². The van der Waals surface area contributed by atoms with Crippen LogP contribution in [0.3, 0.4) is 0 Å². The zero-order chi connectivity index (χ0) is 13.1. The quantitative estimate of drug-likeness (QED) is 0.857. The van der Waals surface area contributed by atoms with E-state index in [2.05, 4.69) is 21.2 Å². The number of halogens is 3. The number of ether oxygens (including phenoxy) is 1. The molecule has 2 unspecified atom stereocenters. The molecule has 0 aromatic heterocycles. The van der Waals surface area contributed by atoms with E-state index in [-0.39, 0.29) is 22.2 Å². The van der Waals surface area contributed by atoms with Crippen molar-refractivity contribution in [3.05, 3.63) is 33.8 Å². The lowest BCUT2D eigenvalue weighted by atomic mass is 9.98. The normalized spacial score (nSPS) is 21.2. The molecule has 0 saturated carbocycles. The fraction of sp³-hybridized carbons (Fsp3) is 0.538. The van der Waals surface area contributed by atoms with Crippen LogP contribution in [0.2, 0.25) is 0 Å². The molecule has 2 atom stereocenters. The molecule has 5 heteroatoms. The number of hydrogen-bond acceptors (Lipinski definition) is 2. The van der Waals surface area contributed by atoms with E-state index in [4.69, 9.17) is 4.74 Å². The van der Waals surface area contributed by atoms with Gasteiger partial charge in [-0.1, -0.05) is 0 Å². The Kier molecular flexibility index (Phi) is 4.70. The summed E-state index contributed by atoms with van der Waals surface area (Å²) >= 11 is 3.09. The summed E-state index contributed by atoms with van der Waals surface area (Å²) in [6.45, 7) is 0.741. The Labute approximate surface area is 114 Å². The smallest absolute Gasteiger partial charge is 0.145 e. The second-order valence-electron chi connectivity index (χ2n) is 4.47. The summed E-state index contributed by atoms with van der Waals surface area (Å²) in [6, 6.07) is 2.29. The Morgan fingerprint density at radius 3 is 2.89 bits per heavy atom. The molecule has 1 heterocycles. The van der Waals surface area contributed by atoms with Crippen LogP contribution in [0.1, 0.15) is 30.9 Å². The van der Waals surface area contributed by atoms with Crippen molar-refractivity contribution in [2.45, 2.75) is 31.4 Å². The summed E-state index contributed by atoms with van der Waals surface area (Å²) < 4.78 is 33.6. The number of rotatable bonds is 4. The van der Waals surface area contributed by atoms with Crippen molar-refractivity contribution >= 4 is 15.9 Å². The van der Waals surface area contributed by atoms with E-state index >= 15 is 0 Å². The molecule has 2 rings (SSSR count). The molecule has 18 heavy (non-hydrogen) atoms. The first kappa shape index (κ1) is 13.9. The van der Waals surface area contributed by atoms with E-state index in [9.17, 15) is 8.78 Å². The summed E-state index contributed by atoms with van der Waals surface area (Å²) in [5, 5.41) is 2.97. The van der Waals surface area contributed by atoms with Gasteiger partial charge >= 0.3 is 0 Å². The highest BCUT2D eigenvalue weighted by atomic mass is 79.9. The monoisotopic (exact) mass is 319 g/mol. The summed E-state index contributed by atoms with van der Waals surface area (Å²) in [4.78, 5) is 0. The average molecular weight is 320 g/mol. The minimum atomic E-state index is -0.535. The Bertz CT molecular complexity index is 422. The van der Waals surface area contributed by atoms with Crippen LogP contribution in [0.25, 0.3) is 0 Å². The molecule has 0 aliphatic carbocycles. The first-order valence-corrected chi connectivity index (χ1v) is 6.85. The first-order valence-electron chi connectivity index (χ1n) is 6.05. The van der Waals surface area contributed by atoms with Gasteiger partial charge in [-0.2, -0.15) is 0 Å². The predicted octanol–water partition coefficient (Wildman–Crippen LogP) is 3.56. The number of nitrogens with one attached hydrogen (secondary N) is 1. The summed E-state index contributed by atoms with van der Waals surface area (Å²) in [5.74, 6) is -1.06. The van der Waals surface area contributed by atoms with Crippen LogP contribution in [0.15, 0.2) is 16.6 Å². The number of hydrogen-bond donors (Lipinski definition) is 1. The molecule has 1 aliphatic heterocycles. The van der Waals surface area contributed by atoms with Crippen molar-refractivity contribution in [1.82, 2.24) is 5.32 Å². The molecule has 100 valence electrons. The Morgan fingerprint density at radius 1 is 1.50 bits per heavy atom. The van der Waals surface area contributed by atoms with Crippen molar-refractivity contribution < 1.29 is 13.5 Å². The largest absolute Gasteiger partial charge is 0.378 e. The Morgan fingerprint density at radius 2 is 2.28 bits per heavy atom. The van der Waals surface area contributed by atoms with Crippen LogP contribution in [-0.2, 0) is 4.74 Å². The van der Waals surface area contributed by atoms with E-state index in [0.717, 1.165) is 19.4 Å². The lowest BCUT2D eigenvalue weighted by molar-refractivity contribution is 0.0946. The lowest BCUT2D eigenvalue weighted by Gasteiger charge is -2.21. The molecule has 1 aliphatic rings. The van der Waals surface area contributed by atoms with Gasteiger partial charge in [-0.15, -0.1) is 0 Å².